The van der Waals surface area contributed by atoms with Gasteiger partial charge in [-0.05, 0) is 93.5 Å². The van der Waals surface area contributed by atoms with E-state index in [4.69, 9.17) is 9.47 Å². The van der Waals surface area contributed by atoms with Crippen LogP contribution in [0.15, 0.2) is 53.4 Å². The summed E-state index contributed by atoms with van der Waals surface area (Å²) in [5.41, 5.74) is 0.710. The van der Waals surface area contributed by atoms with Gasteiger partial charge in [0.2, 0.25) is 11.8 Å². The lowest BCUT2D eigenvalue weighted by Crippen LogP contribution is -2.60. The van der Waals surface area contributed by atoms with Crippen LogP contribution in [-0.2, 0) is 14.8 Å². The van der Waals surface area contributed by atoms with Crippen molar-refractivity contribution in [2.45, 2.75) is 81.9 Å². The number of carbonyl (C=O) groups excluding carboxylic acids is 2. The largest absolute Gasteiger partial charge is 0.475 e. The minimum absolute atomic E-state index is 0.0317. The molecule has 2 aliphatic heterocycles. The molecule has 4 bridgehead atoms. The first-order valence-electron chi connectivity index (χ1n) is 17.1. The number of rotatable bonds is 4. The van der Waals surface area contributed by atoms with E-state index in [0.717, 1.165) is 16.7 Å². The Morgan fingerprint density at radius 2 is 1.69 bits per heavy atom. The molecule has 1 N–H and O–H groups in total. The number of nitrogens with one attached hydrogen (secondary N) is 1. The number of carbonyl (C=O) groups is 2. The van der Waals surface area contributed by atoms with E-state index in [9.17, 15) is 31.2 Å². The first kappa shape index (κ1) is 35.0. The Hall–Kier alpha value is -4.40. The molecule has 1 aromatic heterocycles. The van der Waals surface area contributed by atoms with Gasteiger partial charge >= 0.3 is 12.3 Å². The van der Waals surface area contributed by atoms with E-state index in [1.165, 1.54) is 36.3 Å². The highest BCUT2D eigenvalue weighted by molar-refractivity contribution is 7.92. The SMILES string of the molecule is COC(=O)N1CCC2(CC1)CC(N1C(=O)c3cccc(c3)S(=O)(=O)Nc3nc(cc(-c4c(C)cccc4C)n3)OC[C@H]1CC1(C(F)(F)F)CC1)C2. The number of aromatic nitrogens is 2. The van der Waals surface area contributed by atoms with Gasteiger partial charge in [0.05, 0.1) is 29.2 Å². The van der Waals surface area contributed by atoms with Gasteiger partial charge < -0.3 is 19.3 Å². The van der Waals surface area contributed by atoms with E-state index in [0.29, 0.717) is 44.5 Å². The fourth-order valence-corrected chi connectivity index (χ4v) is 9.10. The summed E-state index contributed by atoms with van der Waals surface area (Å²) in [5.74, 6) is -0.887. The molecule has 272 valence electrons. The van der Waals surface area contributed by atoms with Gasteiger partial charge in [-0.1, -0.05) is 24.3 Å². The minimum Gasteiger partial charge on any atom is -0.475 e. The molecular weight excluding hydrogens is 687 g/mol. The smallest absolute Gasteiger partial charge is 0.409 e. The number of amides is 2. The zero-order valence-corrected chi connectivity index (χ0v) is 29.4. The van der Waals surface area contributed by atoms with Crippen LogP contribution in [0.3, 0.4) is 0 Å². The molecule has 3 heterocycles. The summed E-state index contributed by atoms with van der Waals surface area (Å²) in [6.45, 7) is 4.42. The molecule has 11 nitrogen and oxygen atoms in total. The van der Waals surface area contributed by atoms with Gasteiger partial charge in [-0.3, -0.25) is 4.79 Å². The maximum Gasteiger partial charge on any atom is 0.409 e. The Bertz CT molecular complexity index is 1950. The third-order valence-corrected chi connectivity index (χ3v) is 12.5. The number of fused-ring (bicyclic) bond motifs is 4. The number of sulfonamides is 1. The second-order valence-electron chi connectivity index (χ2n) is 14.5. The highest BCUT2D eigenvalue weighted by Crippen LogP contribution is 2.61. The van der Waals surface area contributed by atoms with Crippen molar-refractivity contribution in [2.24, 2.45) is 10.8 Å². The molecule has 15 heteroatoms. The number of aryl methyl sites for hydroxylation is 2. The molecule has 2 amide bonds. The van der Waals surface area contributed by atoms with Gasteiger partial charge in [0.25, 0.3) is 15.9 Å². The van der Waals surface area contributed by atoms with Crippen molar-refractivity contribution in [2.75, 3.05) is 31.5 Å². The number of hydrogen-bond donors (Lipinski definition) is 1. The number of anilines is 1. The third kappa shape index (κ3) is 6.60. The lowest BCUT2D eigenvalue weighted by molar-refractivity contribution is -0.194. The van der Waals surface area contributed by atoms with Crippen LogP contribution >= 0.6 is 0 Å². The molecule has 0 unspecified atom stereocenters. The zero-order valence-electron chi connectivity index (χ0n) is 28.6. The second-order valence-corrected chi connectivity index (χ2v) is 16.2. The van der Waals surface area contributed by atoms with Gasteiger partial charge in [0, 0.05) is 36.3 Å². The molecule has 7 rings (SSSR count). The molecular formula is C36H40F3N5O6S. The lowest BCUT2D eigenvalue weighted by atomic mass is 9.59. The Kier molecular flexibility index (Phi) is 8.70. The van der Waals surface area contributed by atoms with E-state index in [-0.39, 0.29) is 53.6 Å². The van der Waals surface area contributed by atoms with E-state index < -0.39 is 45.7 Å². The summed E-state index contributed by atoms with van der Waals surface area (Å²) in [6, 6.07) is 11.2. The molecule has 4 aliphatic rings. The van der Waals surface area contributed by atoms with Crippen molar-refractivity contribution in [1.82, 2.24) is 19.8 Å². The summed E-state index contributed by atoms with van der Waals surface area (Å²) < 4.78 is 84.6. The molecule has 3 fully saturated rings. The maximum absolute atomic E-state index is 14.6. The molecule has 1 atom stereocenters. The number of methoxy groups -OCH3 is 1. The zero-order chi connectivity index (χ0) is 36.3. The fourth-order valence-electron chi connectivity index (χ4n) is 8.11. The van der Waals surface area contributed by atoms with E-state index in [2.05, 4.69) is 14.7 Å². The van der Waals surface area contributed by atoms with Gasteiger partial charge in [0.15, 0.2) is 0 Å². The number of alkyl halides is 3. The molecule has 2 saturated carbocycles. The number of piperidine rings is 1. The fraction of sp³-hybridized carbons (Fsp3) is 0.500. The maximum atomic E-state index is 14.6. The predicted molar refractivity (Wildman–Crippen MR) is 181 cm³/mol. The van der Waals surface area contributed by atoms with Gasteiger partial charge in [-0.15, -0.1) is 0 Å². The normalized spacial score (nSPS) is 22.4. The predicted octanol–water partition coefficient (Wildman–Crippen LogP) is 6.51. The van der Waals surface area contributed by atoms with Gasteiger partial charge in [-0.2, -0.15) is 18.2 Å². The Balaban J connectivity index is 1.30. The van der Waals surface area contributed by atoms with E-state index in [1.807, 2.05) is 32.0 Å². The summed E-state index contributed by atoms with van der Waals surface area (Å²) in [6.07, 6.45) is -3.00. The lowest BCUT2D eigenvalue weighted by Gasteiger charge is -2.56. The van der Waals surface area contributed by atoms with Crippen LogP contribution in [0.25, 0.3) is 11.3 Å². The van der Waals surface area contributed by atoms with Crippen LogP contribution in [0, 0.1) is 24.7 Å². The molecule has 0 radical (unpaired) electrons. The number of ether oxygens (including phenoxy) is 2. The van der Waals surface area contributed by atoms with Gasteiger partial charge in [0.1, 0.15) is 6.61 Å². The van der Waals surface area contributed by atoms with Crippen molar-refractivity contribution in [3.63, 3.8) is 0 Å². The third-order valence-electron chi connectivity index (χ3n) is 11.2. The first-order chi connectivity index (χ1) is 24.1. The number of likely N-dealkylation sites (tertiary alicyclic amines) is 1. The minimum atomic E-state index is -4.49. The summed E-state index contributed by atoms with van der Waals surface area (Å²) in [5, 5.41) is 0. The summed E-state index contributed by atoms with van der Waals surface area (Å²) >= 11 is 0. The molecule has 3 aromatic rings. The number of nitrogens with zero attached hydrogens (tertiary/aromatic N) is 4. The number of benzene rings is 2. The number of hydrogen-bond acceptors (Lipinski definition) is 8. The quantitative estimate of drug-likeness (QED) is 0.322. The van der Waals surface area contributed by atoms with Crippen molar-refractivity contribution >= 4 is 28.0 Å². The topological polar surface area (TPSA) is 131 Å². The Labute approximate surface area is 294 Å². The molecule has 1 spiro atoms. The van der Waals surface area contributed by atoms with Crippen LogP contribution in [0.5, 0.6) is 5.88 Å². The van der Waals surface area contributed by atoms with Crippen molar-refractivity contribution in [1.29, 1.82) is 0 Å². The molecule has 2 aliphatic carbocycles. The second kappa shape index (κ2) is 12.7. The Morgan fingerprint density at radius 3 is 2.31 bits per heavy atom. The monoisotopic (exact) mass is 727 g/mol. The standard InChI is InChI=1S/C36H40F3N5O6S/c1-22-6-4-7-23(2)30(22)28-17-29-41-32(40-28)42-51(47,48)27-9-5-8-24(16-27)31(45)44(26(21-50-29)20-35(10-11-35)36(37,38)39)25-18-34(19-25)12-14-43(15-13-34)33(46)49-3/h4-9,16-17,25-26H,10-15,18-21H2,1-3H3,(H,40,41,42)/t26-/m1/s1. The molecule has 1 saturated heterocycles. The van der Waals surface area contributed by atoms with Crippen LogP contribution in [-0.4, -0.2) is 85.3 Å². The Morgan fingerprint density at radius 1 is 1.02 bits per heavy atom. The highest BCUT2D eigenvalue weighted by atomic mass is 32.2. The van der Waals surface area contributed by atoms with Crippen molar-refractivity contribution < 1.29 is 40.7 Å². The molecule has 51 heavy (non-hydrogen) atoms. The van der Waals surface area contributed by atoms with Crippen LogP contribution in [0.1, 0.15) is 66.4 Å². The van der Waals surface area contributed by atoms with Gasteiger partial charge in [-0.25, -0.2) is 22.9 Å². The van der Waals surface area contributed by atoms with Crippen LogP contribution < -0.4 is 9.46 Å². The summed E-state index contributed by atoms with van der Waals surface area (Å²) in [4.78, 5) is 38.4. The first-order valence-corrected chi connectivity index (χ1v) is 18.5. The average Bonchev–Trinajstić information content (AvgIpc) is 3.87. The van der Waals surface area contributed by atoms with E-state index in [1.54, 1.807) is 11.0 Å². The highest BCUT2D eigenvalue weighted by Gasteiger charge is 2.64. The van der Waals surface area contributed by atoms with Crippen LogP contribution in [0.4, 0.5) is 23.9 Å². The molecule has 2 aromatic carbocycles. The van der Waals surface area contributed by atoms with E-state index >= 15 is 0 Å². The number of halogens is 3. The average molecular weight is 728 g/mol. The van der Waals surface area contributed by atoms with Crippen LogP contribution in [0.2, 0.25) is 0 Å². The van der Waals surface area contributed by atoms with Crippen molar-refractivity contribution in [3.05, 3.63) is 65.2 Å². The summed E-state index contributed by atoms with van der Waals surface area (Å²) in [7, 11) is -2.98. The van der Waals surface area contributed by atoms with Crippen molar-refractivity contribution in [3.8, 4) is 17.1 Å².